The molecular formula is C20H20N2O5. The fraction of sp³-hybridized carbons (Fsp3) is 0.250. The van der Waals surface area contributed by atoms with Crippen LogP contribution in [0.4, 0.5) is 0 Å². The van der Waals surface area contributed by atoms with Gasteiger partial charge in [-0.25, -0.2) is 4.79 Å². The number of carbonyl (C=O) groups is 1. The number of carbonyl (C=O) groups excluding carboxylic acids is 1. The first-order valence-corrected chi connectivity index (χ1v) is 8.46. The molecule has 0 saturated heterocycles. The number of methoxy groups -OCH3 is 1. The van der Waals surface area contributed by atoms with E-state index in [1.165, 1.54) is 0 Å². The standard InChI is InChI=1S/C20H20N2O5/c1-13(2)26-15-10-8-14(9-11-15)20(23)25-12-18-21-19(22-27-18)16-6-4-5-7-17(16)24-3/h4-11,13H,12H2,1-3H3. The zero-order chi connectivity index (χ0) is 19.2. The van der Waals surface area contributed by atoms with Gasteiger partial charge in [0.05, 0.1) is 24.3 Å². The summed E-state index contributed by atoms with van der Waals surface area (Å²) in [7, 11) is 1.57. The van der Waals surface area contributed by atoms with Crippen molar-refractivity contribution in [3.05, 3.63) is 60.0 Å². The Morgan fingerprint density at radius 2 is 1.85 bits per heavy atom. The Labute approximate surface area is 156 Å². The Hall–Kier alpha value is -3.35. The first kappa shape index (κ1) is 18.4. The summed E-state index contributed by atoms with van der Waals surface area (Å²) in [6.45, 7) is 3.75. The molecule has 0 atom stereocenters. The second-order valence-corrected chi connectivity index (χ2v) is 5.98. The van der Waals surface area contributed by atoms with Crippen molar-refractivity contribution in [1.82, 2.24) is 10.1 Å². The van der Waals surface area contributed by atoms with Gasteiger partial charge in [-0.3, -0.25) is 0 Å². The van der Waals surface area contributed by atoms with Crippen LogP contribution < -0.4 is 9.47 Å². The SMILES string of the molecule is COc1ccccc1-c1noc(COC(=O)c2ccc(OC(C)C)cc2)n1. The minimum Gasteiger partial charge on any atom is -0.496 e. The second kappa shape index (κ2) is 8.35. The van der Waals surface area contributed by atoms with Crippen molar-refractivity contribution < 1.29 is 23.5 Å². The summed E-state index contributed by atoms with van der Waals surface area (Å²) in [6.07, 6.45) is 0.0674. The lowest BCUT2D eigenvalue weighted by Gasteiger charge is -2.09. The number of hydrogen-bond donors (Lipinski definition) is 0. The predicted octanol–water partition coefficient (Wildman–Crippen LogP) is 3.89. The largest absolute Gasteiger partial charge is 0.496 e. The van der Waals surface area contributed by atoms with Gasteiger partial charge in [0.25, 0.3) is 5.89 Å². The Morgan fingerprint density at radius 3 is 2.56 bits per heavy atom. The highest BCUT2D eigenvalue weighted by molar-refractivity contribution is 5.89. The van der Waals surface area contributed by atoms with E-state index in [2.05, 4.69) is 10.1 Å². The summed E-state index contributed by atoms with van der Waals surface area (Å²) in [4.78, 5) is 16.4. The Kier molecular flexibility index (Phi) is 5.71. The van der Waals surface area contributed by atoms with Crippen LogP contribution in [-0.4, -0.2) is 29.3 Å². The van der Waals surface area contributed by atoms with Gasteiger partial charge in [0.15, 0.2) is 6.61 Å². The van der Waals surface area contributed by atoms with Crippen molar-refractivity contribution in [3.63, 3.8) is 0 Å². The van der Waals surface area contributed by atoms with Crippen molar-refractivity contribution in [1.29, 1.82) is 0 Å². The van der Waals surface area contributed by atoms with E-state index in [-0.39, 0.29) is 18.6 Å². The number of benzene rings is 2. The van der Waals surface area contributed by atoms with Gasteiger partial charge in [-0.15, -0.1) is 0 Å². The smallest absolute Gasteiger partial charge is 0.338 e. The Morgan fingerprint density at radius 1 is 1.11 bits per heavy atom. The molecule has 0 unspecified atom stereocenters. The molecule has 0 aliphatic heterocycles. The van der Waals surface area contributed by atoms with Crippen LogP contribution >= 0.6 is 0 Å². The van der Waals surface area contributed by atoms with Gasteiger partial charge < -0.3 is 18.7 Å². The monoisotopic (exact) mass is 368 g/mol. The predicted molar refractivity (Wildman–Crippen MR) is 97.6 cm³/mol. The van der Waals surface area contributed by atoms with Crippen LogP contribution in [0.1, 0.15) is 30.1 Å². The maximum Gasteiger partial charge on any atom is 0.338 e. The molecule has 1 aromatic heterocycles. The molecule has 0 aliphatic rings. The van der Waals surface area contributed by atoms with E-state index in [0.29, 0.717) is 28.5 Å². The first-order valence-electron chi connectivity index (χ1n) is 8.46. The maximum absolute atomic E-state index is 12.2. The van der Waals surface area contributed by atoms with E-state index in [1.807, 2.05) is 32.0 Å². The van der Waals surface area contributed by atoms with Crippen molar-refractivity contribution >= 4 is 5.97 Å². The molecule has 0 aliphatic carbocycles. The maximum atomic E-state index is 12.2. The van der Waals surface area contributed by atoms with Crippen LogP contribution in [0, 0.1) is 0 Å². The van der Waals surface area contributed by atoms with Gasteiger partial charge in [-0.2, -0.15) is 4.98 Å². The third kappa shape index (κ3) is 4.63. The molecule has 2 aromatic carbocycles. The summed E-state index contributed by atoms with van der Waals surface area (Å²) in [5, 5.41) is 3.91. The zero-order valence-electron chi connectivity index (χ0n) is 15.3. The fourth-order valence-corrected chi connectivity index (χ4v) is 2.40. The van der Waals surface area contributed by atoms with Crippen LogP contribution in [0.2, 0.25) is 0 Å². The highest BCUT2D eigenvalue weighted by Crippen LogP contribution is 2.27. The van der Waals surface area contributed by atoms with Crippen LogP contribution in [0.5, 0.6) is 11.5 Å². The summed E-state index contributed by atoms with van der Waals surface area (Å²) in [5.74, 6) is 1.41. The minimum atomic E-state index is -0.483. The van der Waals surface area contributed by atoms with Gasteiger partial charge in [-0.05, 0) is 50.2 Å². The summed E-state index contributed by atoms with van der Waals surface area (Å²) in [6, 6.07) is 14.1. The molecule has 0 radical (unpaired) electrons. The number of para-hydroxylation sites is 1. The molecule has 7 nitrogen and oxygen atoms in total. The molecule has 1 heterocycles. The number of aromatic nitrogens is 2. The number of rotatable bonds is 7. The average molecular weight is 368 g/mol. The lowest BCUT2D eigenvalue weighted by atomic mass is 10.2. The van der Waals surface area contributed by atoms with Crippen LogP contribution in [0.3, 0.4) is 0 Å². The van der Waals surface area contributed by atoms with Crippen molar-refractivity contribution in [3.8, 4) is 22.9 Å². The van der Waals surface area contributed by atoms with E-state index in [9.17, 15) is 4.79 Å². The molecule has 0 saturated carbocycles. The Balaban J connectivity index is 1.62. The quantitative estimate of drug-likeness (QED) is 0.585. The van der Waals surface area contributed by atoms with E-state index in [1.54, 1.807) is 37.4 Å². The molecule has 0 amide bonds. The molecular weight excluding hydrogens is 348 g/mol. The van der Waals surface area contributed by atoms with Gasteiger partial charge in [0, 0.05) is 0 Å². The molecule has 0 fully saturated rings. The molecule has 140 valence electrons. The number of hydrogen-bond acceptors (Lipinski definition) is 7. The molecule has 0 N–H and O–H groups in total. The lowest BCUT2D eigenvalue weighted by Crippen LogP contribution is -2.07. The topological polar surface area (TPSA) is 83.7 Å². The van der Waals surface area contributed by atoms with Crippen LogP contribution in [0.25, 0.3) is 11.4 Å². The van der Waals surface area contributed by atoms with Crippen LogP contribution in [-0.2, 0) is 11.3 Å². The third-order valence-corrected chi connectivity index (χ3v) is 3.60. The lowest BCUT2D eigenvalue weighted by molar-refractivity contribution is 0.0430. The van der Waals surface area contributed by atoms with E-state index < -0.39 is 5.97 Å². The molecule has 0 spiro atoms. The number of esters is 1. The minimum absolute atomic E-state index is 0.0674. The van der Waals surface area contributed by atoms with E-state index >= 15 is 0 Å². The third-order valence-electron chi connectivity index (χ3n) is 3.60. The second-order valence-electron chi connectivity index (χ2n) is 5.98. The van der Waals surface area contributed by atoms with Gasteiger partial charge in [0.2, 0.25) is 5.82 Å². The van der Waals surface area contributed by atoms with Gasteiger partial charge in [-0.1, -0.05) is 17.3 Å². The van der Waals surface area contributed by atoms with Crippen molar-refractivity contribution in [2.24, 2.45) is 0 Å². The fourth-order valence-electron chi connectivity index (χ4n) is 2.40. The highest BCUT2D eigenvalue weighted by Gasteiger charge is 2.15. The van der Waals surface area contributed by atoms with E-state index in [4.69, 9.17) is 18.7 Å². The van der Waals surface area contributed by atoms with Gasteiger partial charge >= 0.3 is 5.97 Å². The Bertz CT molecular complexity index is 903. The molecule has 3 aromatic rings. The number of nitrogens with zero attached hydrogens (tertiary/aromatic N) is 2. The summed E-state index contributed by atoms with van der Waals surface area (Å²) in [5.41, 5.74) is 1.11. The van der Waals surface area contributed by atoms with Crippen molar-refractivity contribution in [2.75, 3.05) is 7.11 Å². The summed E-state index contributed by atoms with van der Waals surface area (Å²) < 4.78 is 21.2. The highest BCUT2D eigenvalue weighted by atomic mass is 16.6. The number of ether oxygens (including phenoxy) is 3. The van der Waals surface area contributed by atoms with Gasteiger partial charge in [0.1, 0.15) is 11.5 Å². The zero-order valence-corrected chi connectivity index (χ0v) is 15.3. The normalized spacial score (nSPS) is 10.7. The van der Waals surface area contributed by atoms with Crippen molar-refractivity contribution in [2.45, 2.75) is 26.6 Å². The molecule has 7 heteroatoms. The first-order chi connectivity index (χ1) is 13.1. The molecule has 27 heavy (non-hydrogen) atoms. The molecule has 0 bridgehead atoms. The molecule has 3 rings (SSSR count). The van der Waals surface area contributed by atoms with E-state index in [0.717, 1.165) is 0 Å². The summed E-state index contributed by atoms with van der Waals surface area (Å²) >= 11 is 0. The average Bonchev–Trinajstić information content (AvgIpc) is 3.15. The van der Waals surface area contributed by atoms with Crippen LogP contribution in [0.15, 0.2) is 53.1 Å².